The molecule has 1 saturated heterocycles. The number of nitrogens with one attached hydrogen (secondary N) is 1. The summed E-state index contributed by atoms with van der Waals surface area (Å²) in [5.74, 6) is 0.583. The highest BCUT2D eigenvalue weighted by Gasteiger charge is 2.22. The smallest absolute Gasteiger partial charge is 0.0705 e. The van der Waals surface area contributed by atoms with Gasteiger partial charge in [-0.15, -0.1) is 0 Å². The molecule has 1 atom stereocenters. The molecular formula is C15H24N2O. The van der Waals surface area contributed by atoms with E-state index in [0.29, 0.717) is 12.0 Å². The van der Waals surface area contributed by atoms with E-state index in [9.17, 15) is 0 Å². The highest BCUT2D eigenvalue weighted by Crippen LogP contribution is 2.13. The maximum Gasteiger partial charge on any atom is 0.0705 e. The quantitative estimate of drug-likeness (QED) is 0.783. The topological polar surface area (TPSA) is 24.5 Å². The van der Waals surface area contributed by atoms with Gasteiger partial charge in [0.15, 0.2) is 0 Å². The van der Waals surface area contributed by atoms with E-state index < -0.39 is 0 Å². The minimum Gasteiger partial charge on any atom is -0.301 e. The van der Waals surface area contributed by atoms with Crippen LogP contribution in [0.15, 0.2) is 30.3 Å². The normalized spacial score (nSPS) is 20.7. The van der Waals surface area contributed by atoms with Crippen molar-refractivity contribution < 1.29 is 4.84 Å². The molecule has 3 heteroatoms. The average molecular weight is 248 g/mol. The molecule has 2 rings (SSSR count). The Bertz CT molecular complexity index is 340. The summed E-state index contributed by atoms with van der Waals surface area (Å²) in [4.78, 5) is 7.98. The predicted octanol–water partition coefficient (Wildman–Crippen LogP) is 2.44. The van der Waals surface area contributed by atoms with E-state index in [1.165, 1.54) is 12.0 Å². The van der Waals surface area contributed by atoms with Crippen molar-refractivity contribution in [2.45, 2.75) is 32.9 Å². The van der Waals surface area contributed by atoms with Crippen LogP contribution in [0.2, 0.25) is 0 Å². The monoisotopic (exact) mass is 248 g/mol. The van der Waals surface area contributed by atoms with Crippen molar-refractivity contribution in [2.75, 3.05) is 19.7 Å². The summed E-state index contributed by atoms with van der Waals surface area (Å²) in [6.45, 7) is 8.39. The largest absolute Gasteiger partial charge is 0.301 e. The van der Waals surface area contributed by atoms with Crippen molar-refractivity contribution >= 4 is 0 Å². The molecule has 1 aliphatic heterocycles. The van der Waals surface area contributed by atoms with Gasteiger partial charge in [0.1, 0.15) is 0 Å². The van der Waals surface area contributed by atoms with Crippen molar-refractivity contribution in [3.05, 3.63) is 35.9 Å². The zero-order valence-electron chi connectivity index (χ0n) is 11.4. The molecule has 1 aromatic carbocycles. The maximum absolute atomic E-state index is 5.50. The first-order chi connectivity index (χ1) is 8.74. The molecular weight excluding hydrogens is 224 g/mol. The molecule has 1 unspecified atom stereocenters. The van der Waals surface area contributed by atoms with Crippen molar-refractivity contribution in [2.24, 2.45) is 5.92 Å². The minimum atomic E-state index is 0.479. The molecule has 1 aliphatic rings. The van der Waals surface area contributed by atoms with Crippen LogP contribution in [0.1, 0.15) is 25.8 Å². The Morgan fingerprint density at radius 2 is 2.11 bits per heavy atom. The van der Waals surface area contributed by atoms with Crippen LogP contribution in [-0.2, 0) is 11.4 Å². The molecule has 0 radical (unpaired) electrons. The molecule has 18 heavy (non-hydrogen) atoms. The second-order valence-electron chi connectivity index (χ2n) is 5.53. The fraction of sp³-hybridized carbons (Fsp3) is 0.600. The Labute approximate surface area is 110 Å². The average Bonchev–Trinajstić information content (AvgIpc) is 2.78. The molecule has 0 amide bonds. The van der Waals surface area contributed by atoms with Gasteiger partial charge in [-0.05, 0) is 17.9 Å². The third kappa shape index (κ3) is 4.41. The third-order valence-corrected chi connectivity index (χ3v) is 3.19. The summed E-state index contributed by atoms with van der Waals surface area (Å²) in [5, 5.41) is 0. The lowest BCUT2D eigenvalue weighted by Crippen LogP contribution is -2.33. The van der Waals surface area contributed by atoms with Gasteiger partial charge >= 0.3 is 0 Å². The maximum atomic E-state index is 5.50. The molecule has 0 saturated carbocycles. The van der Waals surface area contributed by atoms with Gasteiger partial charge in [-0.2, -0.15) is 5.48 Å². The van der Waals surface area contributed by atoms with Crippen LogP contribution in [-0.4, -0.2) is 30.6 Å². The first kappa shape index (κ1) is 13.5. The first-order valence-electron chi connectivity index (χ1n) is 6.87. The third-order valence-electron chi connectivity index (χ3n) is 3.19. The Hall–Kier alpha value is -0.900. The van der Waals surface area contributed by atoms with Gasteiger partial charge in [0.2, 0.25) is 0 Å². The highest BCUT2D eigenvalue weighted by atomic mass is 16.6. The number of hydroxylamine groups is 1. The summed E-state index contributed by atoms with van der Waals surface area (Å²) in [6, 6.07) is 11.1. The molecule has 0 bridgehead atoms. The van der Waals surface area contributed by atoms with Crippen LogP contribution < -0.4 is 5.48 Å². The molecule has 1 heterocycles. The zero-order valence-corrected chi connectivity index (χ0v) is 11.4. The SMILES string of the molecule is CC(C)CONC1CCN(Cc2ccccc2)C1. The molecule has 0 aromatic heterocycles. The fourth-order valence-electron chi connectivity index (χ4n) is 2.25. The van der Waals surface area contributed by atoms with Crippen molar-refractivity contribution in [3.63, 3.8) is 0 Å². The lowest BCUT2D eigenvalue weighted by molar-refractivity contribution is 0.00280. The molecule has 100 valence electrons. The Morgan fingerprint density at radius 3 is 2.83 bits per heavy atom. The number of likely N-dealkylation sites (tertiary alicyclic amines) is 1. The van der Waals surface area contributed by atoms with Gasteiger partial charge in [-0.3, -0.25) is 4.90 Å². The predicted molar refractivity (Wildman–Crippen MR) is 74.0 cm³/mol. The molecule has 0 aliphatic carbocycles. The zero-order chi connectivity index (χ0) is 12.8. The lowest BCUT2D eigenvalue weighted by atomic mass is 10.2. The standard InChI is InChI=1S/C15H24N2O/c1-13(2)12-18-16-15-8-9-17(11-15)10-14-6-4-3-5-7-14/h3-7,13,15-16H,8-12H2,1-2H3. The molecule has 1 fully saturated rings. The molecule has 1 aromatic rings. The van der Waals surface area contributed by atoms with Gasteiger partial charge in [-0.1, -0.05) is 44.2 Å². The van der Waals surface area contributed by atoms with E-state index in [4.69, 9.17) is 4.84 Å². The van der Waals surface area contributed by atoms with Crippen LogP contribution in [0.3, 0.4) is 0 Å². The van der Waals surface area contributed by atoms with Gasteiger partial charge in [-0.25, -0.2) is 0 Å². The van der Waals surface area contributed by atoms with Crippen molar-refractivity contribution in [1.82, 2.24) is 10.4 Å². The van der Waals surface area contributed by atoms with E-state index in [0.717, 1.165) is 26.2 Å². The fourth-order valence-corrected chi connectivity index (χ4v) is 2.25. The summed E-state index contributed by atoms with van der Waals surface area (Å²) in [6.07, 6.45) is 1.17. The van der Waals surface area contributed by atoms with Crippen LogP contribution in [0, 0.1) is 5.92 Å². The second-order valence-corrected chi connectivity index (χ2v) is 5.53. The van der Waals surface area contributed by atoms with E-state index in [-0.39, 0.29) is 0 Å². The highest BCUT2D eigenvalue weighted by molar-refractivity contribution is 5.14. The van der Waals surface area contributed by atoms with Crippen molar-refractivity contribution in [1.29, 1.82) is 0 Å². The van der Waals surface area contributed by atoms with Gasteiger partial charge in [0.05, 0.1) is 6.61 Å². The first-order valence-corrected chi connectivity index (χ1v) is 6.87. The number of hydrogen-bond acceptors (Lipinski definition) is 3. The summed E-state index contributed by atoms with van der Waals surface area (Å²) in [7, 11) is 0. The number of rotatable bonds is 6. The van der Waals surface area contributed by atoms with Crippen LogP contribution in [0.25, 0.3) is 0 Å². The minimum absolute atomic E-state index is 0.479. The van der Waals surface area contributed by atoms with E-state index in [1.54, 1.807) is 0 Å². The Balaban J connectivity index is 1.69. The number of nitrogens with zero attached hydrogens (tertiary/aromatic N) is 1. The summed E-state index contributed by atoms with van der Waals surface area (Å²) >= 11 is 0. The molecule has 3 nitrogen and oxygen atoms in total. The van der Waals surface area contributed by atoms with E-state index in [1.807, 2.05) is 0 Å². The van der Waals surface area contributed by atoms with Gasteiger partial charge < -0.3 is 4.84 Å². The number of benzene rings is 1. The Morgan fingerprint density at radius 1 is 1.33 bits per heavy atom. The molecule has 1 N–H and O–H groups in total. The molecule has 0 spiro atoms. The van der Waals surface area contributed by atoms with Crippen LogP contribution in [0.4, 0.5) is 0 Å². The number of hydrogen-bond donors (Lipinski definition) is 1. The second kappa shape index (κ2) is 6.88. The lowest BCUT2D eigenvalue weighted by Gasteiger charge is -2.17. The van der Waals surface area contributed by atoms with Crippen LogP contribution >= 0.6 is 0 Å². The Kier molecular flexibility index (Phi) is 5.17. The summed E-state index contributed by atoms with van der Waals surface area (Å²) in [5.41, 5.74) is 4.58. The van der Waals surface area contributed by atoms with Gasteiger partial charge in [0.25, 0.3) is 0 Å². The van der Waals surface area contributed by atoms with Crippen molar-refractivity contribution in [3.8, 4) is 0 Å². The van der Waals surface area contributed by atoms with E-state index >= 15 is 0 Å². The summed E-state index contributed by atoms with van der Waals surface area (Å²) < 4.78 is 0. The van der Waals surface area contributed by atoms with E-state index in [2.05, 4.69) is 54.6 Å². The van der Waals surface area contributed by atoms with Crippen LogP contribution in [0.5, 0.6) is 0 Å². The van der Waals surface area contributed by atoms with Gasteiger partial charge in [0, 0.05) is 25.7 Å².